The van der Waals surface area contributed by atoms with Crippen LogP contribution < -0.4 is 10.0 Å². The Morgan fingerprint density at radius 1 is 1.38 bits per heavy atom. The van der Waals surface area contributed by atoms with E-state index in [-0.39, 0.29) is 16.5 Å². The summed E-state index contributed by atoms with van der Waals surface area (Å²) in [5.41, 5.74) is 0.960. The number of nitrogens with zero attached hydrogens (tertiary/aromatic N) is 3. The molecule has 0 aromatic carbocycles. The molecule has 0 atom stereocenters. The second-order valence-corrected chi connectivity index (χ2v) is 6.60. The second-order valence-electron chi connectivity index (χ2n) is 4.42. The van der Waals surface area contributed by atoms with Crippen molar-refractivity contribution < 1.29 is 8.42 Å². The first-order chi connectivity index (χ1) is 9.92. The lowest BCUT2D eigenvalue weighted by atomic mass is 10.3. The van der Waals surface area contributed by atoms with Gasteiger partial charge in [-0.05, 0) is 18.1 Å². The molecule has 114 valence electrons. The molecule has 0 spiro atoms. The molecule has 21 heavy (non-hydrogen) atoms. The zero-order valence-electron chi connectivity index (χ0n) is 11.7. The third kappa shape index (κ3) is 3.93. The molecule has 0 saturated heterocycles. The van der Waals surface area contributed by atoms with Crippen LogP contribution in [0.4, 0.5) is 5.82 Å². The van der Waals surface area contributed by atoms with Crippen molar-refractivity contribution >= 4 is 27.4 Å². The van der Waals surface area contributed by atoms with E-state index in [1.165, 1.54) is 12.3 Å². The molecule has 0 fully saturated rings. The van der Waals surface area contributed by atoms with Gasteiger partial charge in [0.15, 0.2) is 0 Å². The summed E-state index contributed by atoms with van der Waals surface area (Å²) in [6.07, 6.45) is 5.37. The summed E-state index contributed by atoms with van der Waals surface area (Å²) in [7, 11) is -0.152. The Morgan fingerprint density at radius 2 is 2.14 bits per heavy atom. The lowest BCUT2D eigenvalue weighted by molar-refractivity contribution is 0.581. The first kappa shape index (κ1) is 15.7. The molecule has 2 rings (SSSR count). The van der Waals surface area contributed by atoms with E-state index < -0.39 is 10.0 Å². The van der Waals surface area contributed by atoms with Crippen LogP contribution in [0, 0.1) is 0 Å². The van der Waals surface area contributed by atoms with E-state index in [1.807, 2.05) is 13.2 Å². The van der Waals surface area contributed by atoms with Crippen molar-refractivity contribution in [2.24, 2.45) is 7.05 Å². The van der Waals surface area contributed by atoms with Crippen molar-refractivity contribution in [3.05, 3.63) is 35.2 Å². The number of pyridine rings is 1. The Bertz CT molecular complexity index is 729. The molecule has 7 nitrogen and oxygen atoms in total. The molecular weight excluding hydrogens is 314 g/mol. The number of aromatic nitrogens is 3. The number of hydrogen-bond donors (Lipinski definition) is 2. The fraction of sp³-hybridized carbons (Fsp3) is 0.333. The largest absolute Gasteiger partial charge is 0.372 e. The van der Waals surface area contributed by atoms with Crippen LogP contribution in [0.5, 0.6) is 0 Å². The molecule has 2 heterocycles. The number of hydrogen-bond acceptors (Lipinski definition) is 5. The highest BCUT2D eigenvalue weighted by Crippen LogP contribution is 2.21. The molecule has 2 N–H and O–H groups in total. The first-order valence-electron chi connectivity index (χ1n) is 6.23. The van der Waals surface area contributed by atoms with Gasteiger partial charge in [-0.25, -0.2) is 18.1 Å². The second kappa shape index (κ2) is 6.42. The first-order valence-corrected chi connectivity index (χ1v) is 8.09. The molecule has 0 aliphatic rings. The Balaban J connectivity index is 2.02. The van der Waals surface area contributed by atoms with Crippen LogP contribution in [0.25, 0.3) is 0 Å². The lowest BCUT2D eigenvalue weighted by Crippen LogP contribution is -2.26. The Kier molecular flexibility index (Phi) is 4.81. The molecule has 0 bridgehead atoms. The highest BCUT2D eigenvalue weighted by molar-refractivity contribution is 7.89. The smallest absolute Gasteiger partial charge is 0.242 e. The number of aryl methyl sites for hydroxylation is 1. The summed E-state index contributed by atoms with van der Waals surface area (Å²) < 4.78 is 28.4. The van der Waals surface area contributed by atoms with E-state index in [0.717, 1.165) is 5.56 Å². The maximum atomic E-state index is 12.1. The van der Waals surface area contributed by atoms with Crippen molar-refractivity contribution in [2.45, 2.75) is 11.3 Å². The minimum Gasteiger partial charge on any atom is -0.372 e. The average molecular weight is 330 g/mol. The molecule has 9 heteroatoms. The minimum atomic E-state index is -3.62. The third-order valence-electron chi connectivity index (χ3n) is 2.83. The number of rotatable bonds is 6. The molecule has 0 amide bonds. The maximum Gasteiger partial charge on any atom is 0.242 e. The van der Waals surface area contributed by atoms with Gasteiger partial charge in [0.05, 0.1) is 11.2 Å². The van der Waals surface area contributed by atoms with E-state index in [4.69, 9.17) is 11.6 Å². The topological polar surface area (TPSA) is 88.9 Å². The monoisotopic (exact) mass is 329 g/mol. The van der Waals surface area contributed by atoms with Crippen LogP contribution in [-0.4, -0.2) is 36.8 Å². The van der Waals surface area contributed by atoms with Crippen LogP contribution in [0.2, 0.25) is 5.02 Å². The molecule has 0 unspecified atom stereocenters. The summed E-state index contributed by atoms with van der Waals surface area (Å²) >= 11 is 5.94. The molecule has 2 aromatic rings. The van der Waals surface area contributed by atoms with Gasteiger partial charge in [0.25, 0.3) is 0 Å². The zero-order chi connectivity index (χ0) is 15.5. The standard InChI is InChI=1S/C12H16ClN5O2S/c1-14-12-11(13)5-10(7-15-12)21(19,20)17-4-3-9-6-16-18(2)8-9/h5-8,17H,3-4H2,1-2H3,(H,14,15). The molecule has 0 aliphatic carbocycles. The summed E-state index contributed by atoms with van der Waals surface area (Å²) in [5.74, 6) is 0.436. The van der Waals surface area contributed by atoms with E-state index >= 15 is 0 Å². The summed E-state index contributed by atoms with van der Waals surface area (Å²) in [6, 6.07) is 1.37. The Labute approximate surface area is 128 Å². The quantitative estimate of drug-likeness (QED) is 0.826. The molecule has 0 saturated carbocycles. The van der Waals surface area contributed by atoms with Gasteiger partial charge in [0.1, 0.15) is 10.7 Å². The minimum absolute atomic E-state index is 0.0395. The van der Waals surface area contributed by atoms with Crippen molar-refractivity contribution in [1.29, 1.82) is 0 Å². The lowest BCUT2D eigenvalue weighted by Gasteiger charge is -2.08. The predicted molar refractivity (Wildman–Crippen MR) is 80.9 cm³/mol. The number of nitrogens with one attached hydrogen (secondary N) is 2. The Hall–Kier alpha value is -1.64. The van der Waals surface area contributed by atoms with E-state index in [9.17, 15) is 8.42 Å². The Morgan fingerprint density at radius 3 is 2.71 bits per heavy atom. The van der Waals surface area contributed by atoms with Crippen LogP contribution >= 0.6 is 11.6 Å². The van der Waals surface area contributed by atoms with E-state index in [0.29, 0.717) is 12.2 Å². The van der Waals surface area contributed by atoms with Crippen molar-refractivity contribution in [3.8, 4) is 0 Å². The highest BCUT2D eigenvalue weighted by Gasteiger charge is 2.16. The van der Waals surface area contributed by atoms with Crippen LogP contribution in [-0.2, 0) is 23.5 Å². The zero-order valence-corrected chi connectivity index (χ0v) is 13.2. The number of anilines is 1. The molecular formula is C12H16ClN5O2S. The molecule has 0 aliphatic heterocycles. The normalized spacial score (nSPS) is 11.6. The van der Waals surface area contributed by atoms with Gasteiger partial charge in [-0.1, -0.05) is 11.6 Å². The SMILES string of the molecule is CNc1ncc(S(=O)(=O)NCCc2cnn(C)c2)cc1Cl. The summed E-state index contributed by atoms with van der Waals surface area (Å²) in [6.45, 7) is 0.277. The van der Waals surface area contributed by atoms with Crippen LogP contribution in [0.1, 0.15) is 5.56 Å². The van der Waals surface area contributed by atoms with Gasteiger partial charge >= 0.3 is 0 Å². The summed E-state index contributed by atoms with van der Waals surface area (Å²) in [4.78, 5) is 4.00. The van der Waals surface area contributed by atoms with Gasteiger partial charge < -0.3 is 5.32 Å². The fourth-order valence-electron chi connectivity index (χ4n) is 1.77. The predicted octanol–water partition coefficient (Wildman–Crippen LogP) is 1.03. The van der Waals surface area contributed by atoms with Gasteiger partial charge in [0, 0.05) is 33.0 Å². The van der Waals surface area contributed by atoms with Gasteiger partial charge in [-0.15, -0.1) is 0 Å². The summed E-state index contributed by atoms with van der Waals surface area (Å²) in [5, 5.41) is 7.06. The molecule has 2 aromatic heterocycles. The fourth-order valence-corrected chi connectivity index (χ4v) is 3.09. The number of sulfonamides is 1. The van der Waals surface area contributed by atoms with Crippen LogP contribution in [0.3, 0.4) is 0 Å². The average Bonchev–Trinajstić information content (AvgIpc) is 2.84. The van der Waals surface area contributed by atoms with Crippen molar-refractivity contribution in [1.82, 2.24) is 19.5 Å². The van der Waals surface area contributed by atoms with Crippen molar-refractivity contribution in [2.75, 3.05) is 18.9 Å². The van der Waals surface area contributed by atoms with Crippen LogP contribution in [0.15, 0.2) is 29.6 Å². The van der Waals surface area contributed by atoms with Crippen molar-refractivity contribution in [3.63, 3.8) is 0 Å². The number of halogens is 1. The van der Waals surface area contributed by atoms with Gasteiger partial charge in [0.2, 0.25) is 10.0 Å². The third-order valence-corrected chi connectivity index (χ3v) is 4.54. The van der Waals surface area contributed by atoms with E-state index in [2.05, 4.69) is 20.1 Å². The van der Waals surface area contributed by atoms with Gasteiger partial charge in [-0.2, -0.15) is 5.10 Å². The maximum absolute atomic E-state index is 12.1. The molecule has 0 radical (unpaired) electrons. The van der Waals surface area contributed by atoms with E-state index in [1.54, 1.807) is 17.9 Å². The highest BCUT2D eigenvalue weighted by atomic mass is 35.5. The van der Waals surface area contributed by atoms with Gasteiger partial charge in [-0.3, -0.25) is 4.68 Å².